The van der Waals surface area contributed by atoms with E-state index < -0.39 is 0 Å². The second kappa shape index (κ2) is 6.45. The van der Waals surface area contributed by atoms with E-state index >= 15 is 0 Å². The summed E-state index contributed by atoms with van der Waals surface area (Å²) in [4.78, 5) is 14.9. The average Bonchev–Trinajstić information content (AvgIpc) is 3.02. The number of hydrogen-bond acceptors (Lipinski definition) is 2. The van der Waals surface area contributed by atoms with Gasteiger partial charge in [-0.3, -0.25) is 4.79 Å². The molecule has 0 atom stereocenters. The fourth-order valence-electron chi connectivity index (χ4n) is 3.26. The Kier molecular flexibility index (Phi) is 4.37. The first-order valence-electron chi connectivity index (χ1n) is 8.28. The summed E-state index contributed by atoms with van der Waals surface area (Å²) in [6.45, 7) is 8.35. The molecule has 0 saturated carbocycles. The van der Waals surface area contributed by atoms with Crippen molar-refractivity contribution in [1.82, 2.24) is 0 Å². The molecular formula is C20H24N2O. The van der Waals surface area contributed by atoms with Crippen molar-refractivity contribution in [3.05, 3.63) is 58.7 Å². The van der Waals surface area contributed by atoms with Gasteiger partial charge in [0.25, 0.3) is 5.91 Å². The number of anilines is 2. The molecule has 23 heavy (non-hydrogen) atoms. The lowest BCUT2D eigenvalue weighted by atomic mass is 10.1. The van der Waals surface area contributed by atoms with Crippen LogP contribution in [0.5, 0.6) is 0 Å². The minimum absolute atomic E-state index is 0.0474. The lowest BCUT2D eigenvalue weighted by molar-refractivity contribution is 0.102. The summed E-state index contributed by atoms with van der Waals surface area (Å²) in [5, 5.41) is 3.04. The molecule has 0 unspecified atom stereocenters. The minimum Gasteiger partial charge on any atom is -0.372 e. The number of nitrogens with zero attached hydrogens (tertiary/aromatic N) is 1. The van der Waals surface area contributed by atoms with Gasteiger partial charge in [-0.1, -0.05) is 17.2 Å². The van der Waals surface area contributed by atoms with Crippen LogP contribution in [-0.4, -0.2) is 19.0 Å². The Hall–Kier alpha value is -2.29. The van der Waals surface area contributed by atoms with Gasteiger partial charge in [-0.2, -0.15) is 0 Å². The third-order valence-corrected chi connectivity index (χ3v) is 4.41. The summed E-state index contributed by atoms with van der Waals surface area (Å²) in [5.74, 6) is -0.0474. The molecule has 0 aromatic heterocycles. The van der Waals surface area contributed by atoms with Crippen LogP contribution >= 0.6 is 0 Å². The molecule has 0 bridgehead atoms. The van der Waals surface area contributed by atoms with Crippen molar-refractivity contribution in [2.45, 2.75) is 33.6 Å². The highest BCUT2D eigenvalue weighted by Crippen LogP contribution is 2.26. The second-order valence-electron chi connectivity index (χ2n) is 6.52. The lowest BCUT2D eigenvalue weighted by Gasteiger charge is -2.19. The first-order valence-corrected chi connectivity index (χ1v) is 8.28. The van der Waals surface area contributed by atoms with Gasteiger partial charge in [-0.15, -0.1) is 0 Å². The van der Waals surface area contributed by atoms with E-state index in [1.807, 2.05) is 32.0 Å². The minimum atomic E-state index is -0.0474. The Bertz CT molecular complexity index is 710. The molecule has 0 spiro atoms. The van der Waals surface area contributed by atoms with Crippen molar-refractivity contribution in [2.75, 3.05) is 23.3 Å². The van der Waals surface area contributed by atoms with Gasteiger partial charge in [0.1, 0.15) is 0 Å². The first-order chi connectivity index (χ1) is 11.0. The van der Waals surface area contributed by atoms with Gasteiger partial charge in [0.15, 0.2) is 0 Å². The molecule has 1 aliphatic heterocycles. The average molecular weight is 308 g/mol. The van der Waals surface area contributed by atoms with Crippen molar-refractivity contribution in [3.63, 3.8) is 0 Å². The maximum Gasteiger partial charge on any atom is 0.255 e. The van der Waals surface area contributed by atoms with Crippen molar-refractivity contribution in [1.29, 1.82) is 0 Å². The lowest BCUT2D eigenvalue weighted by Crippen LogP contribution is -2.18. The Morgan fingerprint density at radius 1 is 0.957 bits per heavy atom. The summed E-state index contributed by atoms with van der Waals surface area (Å²) >= 11 is 0. The van der Waals surface area contributed by atoms with Crippen LogP contribution in [0.2, 0.25) is 0 Å². The smallest absolute Gasteiger partial charge is 0.255 e. The molecule has 1 N–H and O–H groups in total. The van der Waals surface area contributed by atoms with E-state index in [2.05, 4.69) is 35.3 Å². The van der Waals surface area contributed by atoms with Gasteiger partial charge in [0.2, 0.25) is 0 Å². The number of aryl methyl sites for hydroxylation is 3. The van der Waals surface area contributed by atoms with E-state index in [1.165, 1.54) is 18.5 Å². The molecule has 2 aromatic carbocycles. The summed E-state index contributed by atoms with van der Waals surface area (Å²) in [6, 6.07) is 12.2. The molecule has 3 rings (SSSR count). The molecule has 0 aliphatic carbocycles. The van der Waals surface area contributed by atoms with Crippen LogP contribution in [0.4, 0.5) is 11.4 Å². The number of carbonyl (C=O) groups excluding carboxylic acids is 1. The van der Waals surface area contributed by atoms with E-state index in [-0.39, 0.29) is 5.91 Å². The second-order valence-corrected chi connectivity index (χ2v) is 6.52. The van der Waals surface area contributed by atoms with Crippen LogP contribution in [0.3, 0.4) is 0 Å². The van der Waals surface area contributed by atoms with Gasteiger partial charge in [-0.05, 0) is 69.5 Å². The van der Waals surface area contributed by atoms with Gasteiger partial charge >= 0.3 is 0 Å². The first kappa shape index (κ1) is 15.6. The van der Waals surface area contributed by atoms with Crippen LogP contribution in [0.1, 0.15) is 39.9 Å². The van der Waals surface area contributed by atoms with E-state index in [0.717, 1.165) is 35.5 Å². The summed E-state index contributed by atoms with van der Waals surface area (Å²) in [6.07, 6.45) is 2.54. The highest BCUT2D eigenvalue weighted by Gasteiger charge is 2.14. The molecule has 1 heterocycles. The topological polar surface area (TPSA) is 32.3 Å². The van der Waals surface area contributed by atoms with Crippen molar-refractivity contribution in [3.8, 4) is 0 Å². The highest BCUT2D eigenvalue weighted by atomic mass is 16.1. The summed E-state index contributed by atoms with van der Waals surface area (Å²) < 4.78 is 0. The predicted molar refractivity (Wildman–Crippen MR) is 96.5 cm³/mol. The maximum atomic E-state index is 12.5. The quantitative estimate of drug-likeness (QED) is 0.907. The third-order valence-electron chi connectivity index (χ3n) is 4.41. The van der Waals surface area contributed by atoms with Gasteiger partial charge in [0, 0.05) is 30.0 Å². The van der Waals surface area contributed by atoms with E-state index in [0.29, 0.717) is 5.56 Å². The molecule has 0 radical (unpaired) electrons. The van der Waals surface area contributed by atoms with Crippen molar-refractivity contribution < 1.29 is 4.79 Å². The molecule has 1 fully saturated rings. The number of rotatable bonds is 3. The summed E-state index contributed by atoms with van der Waals surface area (Å²) in [7, 11) is 0. The standard InChI is InChI=1S/C20H24N2O/c1-14-10-15(2)12-17(11-14)20(23)21-19-7-6-18(13-16(19)3)22-8-4-5-9-22/h6-7,10-13H,4-5,8-9H2,1-3H3,(H,21,23). The van der Waals surface area contributed by atoms with Gasteiger partial charge in [-0.25, -0.2) is 0 Å². The van der Waals surface area contributed by atoms with Gasteiger partial charge in [0.05, 0.1) is 0 Å². The van der Waals surface area contributed by atoms with Crippen LogP contribution in [0.15, 0.2) is 36.4 Å². The van der Waals surface area contributed by atoms with E-state index in [1.54, 1.807) is 0 Å². The molecule has 3 heteroatoms. The van der Waals surface area contributed by atoms with Crippen LogP contribution in [0.25, 0.3) is 0 Å². The zero-order chi connectivity index (χ0) is 16.4. The largest absolute Gasteiger partial charge is 0.372 e. The van der Waals surface area contributed by atoms with Crippen LogP contribution < -0.4 is 10.2 Å². The van der Waals surface area contributed by atoms with Crippen LogP contribution in [0, 0.1) is 20.8 Å². The SMILES string of the molecule is Cc1cc(C)cc(C(=O)Nc2ccc(N3CCCC3)cc2C)c1. The van der Waals surface area contributed by atoms with Gasteiger partial charge < -0.3 is 10.2 Å². The zero-order valence-electron chi connectivity index (χ0n) is 14.1. The Morgan fingerprint density at radius 2 is 1.61 bits per heavy atom. The zero-order valence-corrected chi connectivity index (χ0v) is 14.1. The number of carbonyl (C=O) groups is 1. The molecule has 3 nitrogen and oxygen atoms in total. The monoisotopic (exact) mass is 308 g/mol. The molecule has 2 aromatic rings. The molecule has 1 aliphatic rings. The van der Waals surface area contributed by atoms with E-state index in [4.69, 9.17) is 0 Å². The van der Waals surface area contributed by atoms with Crippen molar-refractivity contribution >= 4 is 17.3 Å². The molecule has 1 amide bonds. The highest BCUT2D eigenvalue weighted by molar-refractivity contribution is 6.05. The fraction of sp³-hybridized carbons (Fsp3) is 0.350. The number of amides is 1. The molecular weight excluding hydrogens is 284 g/mol. The normalized spacial score (nSPS) is 14.1. The molecule has 120 valence electrons. The van der Waals surface area contributed by atoms with Crippen molar-refractivity contribution in [2.24, 2.45) is 0 Å². The molecule has 1 saturated heterocycles. The Labute approximate surface area is 138 Å². The number of hydrogen-bond donors (Lipinski definition) is 1. The van der Waals surface area contributed by atoms with Crippen LogP contribution in [-0.2, 0) is 0 Å². The Morgan fingerprint density at radius 3 is 2.22 bits per heavy atom. The predicted octanol–water partition coefficient (Wildman–Crippen LogP) is 4.46. The summed E-state index contributed by atoms with van der Waals surface area (Å²) in [5.41, 5.74) is 6.17. The maximum absolute atomic E-state index is 12.5. The number of benzene rings is 2. The number of nitrogens with one attached hydrogen (secondary N) is 1. The third kappa shape index (κ3) is 3.55. The fourth-order valence-corrected chi connectivity index (χ4v) is 3.26. The van der Waals surface area contributed by atoms with E-state index in [9.17, 15) is 4.79 Å². The Balaban J connectivity index is 1.78.